The van der Waals surface area contributed by atoms with Gasteiger partial charge in [0.25, 0.3) is 10.0 Å². The molecule has 204 valence electrons. The summed E-state index contributed by atoms with van der Waals surface area (Å²) >= 11 is 0. The second-order valence-electron chi connectivity index (χ2n) is 11.2. The Kier molecular flexibility index (Phi) is 7.34. The Morgan fingerprint density at radius 2 is 1.59 bits per heavy atom. The Morgan fingerprint density at radius 1 is 0.872 bits per heavy atom. The van der Waals surface area contributed by atoms with Crippen LogP contribution in [-0.4, -0.2) is 39.0 Å². The normalized spacial score (nSPS) is 21.0. The Balaban J connectivity index is 0.964. The molecule has 2 unspecified atom stereocenters. The number of piperidine rings is 1. The van der Waals surface area contributed by atoms with Gasteiger partial charge in [-0.3, -0.25) is 4.31 Å². The number of likely N-dealkylation sites (tertiary alicyclic amines) is 1. The van der Waals surface area contributed by atoms with Gasteiger partial charge in [-0.1, -0.05) is 67.1 Å². The quantitative estimate of drug-likeness (QED) is 0.331. The van der Waals surface area contributed by atoms with Crippen molar-refractivity contribution in [2.45, 2.75) is 55.9 Å². The van der Waals surface area contributed by atoms with Crippen molar-refractivity contribution in [1.82, 2.24) is 4.90 Å². The van der Waals surface area contributed by atoms with E-state index in [2.05, 4.69) is 12.1 Å². The molecular formula is C32H36N2O4S. The van der Waals surface area contributed by atoms with Crippen molar-refractivity contribution in [3.05, 3.63) is 95.6 Å². The largest absolute Gasteiger partial charge is 0.445 e. The van der Waals surface area contributed by atoms with Gasteiger partial charge in [0.1, 0.15) is 6.61 Å². The number of sulfonamides is 1. The van der Waals surface area contributed by atoms with Gasteiger partial charge in [-0.05, 0) is 84.7 Å². The molecule has 1 aliphatic carbocycles. The van der Waals surface area contributed by atoms with Crippen molar-refractivity contribution in [2.24, 2.45) is 11.8 Å². The van der Waals surface area contributed by atoms with E-state index in [0.717, 1.165) is 49.2 Å². The molecule has 6 rings (SSSR count). The molecule has 0 spiro atoms. The summed E-state index contributed by atoms with van der Waals surface area (Å²) in [5.74, 6) is 1.96. The molecule has 0 N–H and O–H groups in total. The molecule has 1 amide bonds. The summed E-state index contributed by atoms with van der Waals surface area (Å²) in [5, 5.41) is 0. The number of hydrogen-bond donors (Lipinski definition) is 0. The fraction of sp³-hybridized carbons (Fsp3) is 0.406. The Labute approximate surface area is 231 Å². The van der Waals surface area contributed by atoms with Gasteiger partial charge >= 0.3 is 6.09 Å². The highest BCUT2D eigenvalue weighted by molar-refractivity contribution is 7.92. The minimum absolute atomic E-state index is 0.202. The van der Waals surface area contributed by atoms with Gasteiger partial charge < -0.3 is 9.64 Å². The monoisotopic (exact) mass is 544 g/mol. The standard InChI is InChI=1S/C32H36N2O4S/c35-32(38-23-25-7-3-1-4-8-25)33-18-15-24(16-19-33)11-12-27-22-30(27)26-13-14-31-28(21-26)17-20-34(31)39(36,37)29-9-5-2-6-10-29/h1-10,13-14,21,24,27,30H,11-12,15-20,22-23H2. The molecule has 7 heteroatoms. The highest BCUT2D eigenvalue weighted by atomic mass is 32.2. The van der Waals surface area contributed by atoms with Crippen LogP contribution in [0.5, 0.6) is 0 Å². The molecule has 1 saturated carbocycles. The number of nitrogens with zero attached hydrogens (tertiary/aromatic N) is 2. The molecule has 3 aliphatic rings. The van der Waals surface area contributed by atoms with Crippen LogP contribution in [0.2, 0.25) is 0 Å². The van der Waals surface area contributed by atoms with Crippen molar-refractivity contribution in [3.8, 4) is 0 Å². The average Bonchev–Trinajstić information content (AvgIpc) is 3.63. The van der Waals surface area contributed by atoms with E-state index in [1.165, 1.54) is 24.8 Å². The minimum atomic E-state index is -3.53. The predicted octanol–water partition coefficient (Wildman–Crippen LogP) is 6.37. The number of fused-ring (bicyclic) bond motifs is 1. The zero-order chi connectivity index (χ0) is 26.8. The molecule has 2 atom stereocenters. The third-order valence-corrected chi connectivity index (χ3v) is 10.5. The molecule has 6 nitrogen and oxygen atoms in total. The Hall–Kier alpha value is -3.32. The average molecular weight is 545 g/mol. The number of carbonyl (C=O) groups is 1. The predicted molar refractivity (Wildman–Crippen MR) is 152 cm³/mol. The summed E-state index contributed by atoms with van der Waals surface area (Å²) in [6.45, 7) is 2.38. The van der Waals surface area contributed by atoms with Crippen molar-refractivity contribution in [1.29, 1.82) is 0 Å². The molecule has 3 aromatic carbocycles. The van der Waals surface area contributed by atoms with E-state index in [9.17, 15) is 13.2 Å². The number of amides is 1. The van der Waals surface area contributed by atoms with Crippen LogP contribution >= 0.6 is 0 Å². The lowest BCUT2D eigenvalue weighted by atomic mass is 9.91. The van der Waals surface area contributed by atoms with E-state index in [1.54, 1.807) is 28.6 Å². The van der Waals surface area contributed by atoms with Crippen molar-refractivity contribution >= 4 is 21.8 Å². The molecular weight excluding hydrogens is 508 g/mol. The molecule has 1 saturated heterocycles. The van der Waals surface area contributed by atoms with Gasteiger partial charge in [-0.15, -0.1) is 0 Å². The fourth-order valence-electron chi connectivity index (χ4n) is 6.23. The van der Waals surface area contributed by atoms with Crippen molar-refractivity contribution in [2.75, 3.05) is 23.9 Å². The summed E-state index contributed by atoms with van der Waals surface area (Å²) in [5.41, 5.74) is 4.34. The molecule has 2 heterocycles. The van der Waals surface area contributed by atoms with Gasteiger partial charge in [0.2, 0.25) is 0 Å². The summed E-state index contributed by atoms with van der Waals surface area (Å²) < 4.78 is 33.4. The molecule has 39 heavy (non-hydrogen) atoms. The minimum Gasteiger partial charge on any atom is -0.445 e. The molecule has 0 radical (unpaired) electrons. The molecule has 2 fully saturated rings. The van der Waals surface area contributed by atoms with Gasteiger partial charge in [0.05, 0.1) is 10.6 Å². The van der Waals surface area contributed by atoms with Crippen LogP contribution in [0.25, 0.3) is 0 Å². The number of carbonyl (C=O) groups excluding carboxylic acids is 1. The van der Waals surface area contributed by atoms with Gasteiger partial charge in [0, 0.05) is 19.6 Å². The number of ether oxygens (including phenoxy) is 1. The van der Waals surface area contributed by atoms with Crippen LogP contribution in [-0.2, 0) is 27.8 Å². The highest BCUT2D eigenvalue weighted by Gasteiger charge is 2.39. The maximum absolute atomic E-state index is 13.2. The SMILES string of the molecule is O=C(OCc1ccccc1)N1CCC(CCC2CC2c2ccc3c(c2)CCN3S(=O)(=O)c2ccccc2)CC1. The molecule has 0 aromatic heterocycles. The first-order valence-corrected chi connectivity index (χ1v) is 15.6. The Morgan fingerprint density at radius 3 is 2.33 bits per heavy atom. The van der Waals surface area contributed by atoms with Gasteiger partial charge in [0.15, 0.2) is 0 Å². The molecule has 2 aliphatic heterocycles. The van der Waals surface area contributed by atoms with Crippen LogP contribution < -0.4 is 4.31 Å². The lowest BCUT2D eigenvalue weighted by Gasteiger charge is -2.31. The number of hydrogen-bond acceptors (Lipinski definition) is 4. The van der Waals surface area contributed by atoms with E-state index in [1.807, 2.05) is 47.4 Å². The first-order valence-electron chi connectivity index (χ1n) is 14.2. The van der Waals surface area contributed by atoms with E-state index in [0.29, 0.717) is 35.8 Å². The molecule has 0 bridgehead atoms. The highest BCUT2D eigenvalue weighted by Crippen LogP contribution is 2.52. The van der Waals surface area contributed by atoms with Gasteiger partial charge in [-0.25, -0.2) is 13.2 Å². The maximum Gasteiger partial charge on any atom is 0.410 e. The third-order valence-electron chi connectivity index (χ3n) is 8.66. The zero-order valence-corrected chi connectivity index (χ0v) is 23.1. The van der Waals surface area contributed by atoms with Crippen molar-refractivity contribution < 1.29 is 17.9 Å². The van der Waals surface area contributed by atoms with Crippen LogP contribution in [0.15, 0.2) is 83.8 Å². The van der Waals surface area contributed by atoms with E-state index < -0.39 is 10.0 Å². The maximum atomic E-state index is 13.2. The first-order chi connectivity index (χ1) is 19.0. The van der Waals surface area contributed by atoms with Crippen LogP contribution in [0.3, 0.4) is 0 Å². The zero-order valence-electron chi connectivity index (χ0n) is 22.2. The van der Waals surface area contributed by atoms with Crippen LogP contribution in [0.4, 0.5) is 10.5 Å². The summed E-state index contributed by atoms with van der Waals surface area (Å²) in [6, 6.07) is 24.9. The lowest BCUT2D eigenvalue weighted by Crippen LogP contribution is -2.38. The van der Waals surface area contributed by atoms with Gasteiger partial charge in [-0.2, -0.15) is 0 Å². The second kappa shape index (κ2) is 11.0. The lowest BCUT2D eigenvalue weighted by molar-refractivity contribution is 0.0812. The molecule has 3 aromatic rings. The van der Waals surface area contributed by atoms with E-state index >= 15 is 0 Å². The van der Waals surface area contributed by atoms with Crippen LogP contribution in [0, 0.1) is 11.8 Å². The summed E-state index contributed by atoms with van der Waals surface area (Å²) in [4.78, 5) is 14.6. The smallest absolute Gasteiger partial charge is 0.410 e. The topological polar surface area (TPSA) is 66.9 Å². The van der Waals surface area contributed by atoms with E-state index in [4.69, 9.17) is 4.74 Å². The van der Waals surface area contributed by atoms with E-state index in [-0.39, 0.29) is 6.09 Å². The number of benzene rings is 3. The summed E-state index contributed by atoms with van der Waals surface area (Å²) in [7, 11) is -3.53. The fourth-order valence-corrected chi connectivity index (χ4v) is 7.76. The second-order valence-corrected chi connectivity index (χ2v) is 13.0. The third kappa shape index (κ3) is 5.69. The number of anilines is 1. The summed E-state index contributed by atoms with van der Waals surface area (Å²) in [6.07, 6.45) is 6.30. The first kappa shape index (κ1) is 25.9. The van der Waals surface area contributed by atoms with Crippen LogP contribution in [0.1, 0.15) is 54.7 Å². The number of rotatable bonds is 8. The van der Waals surface area contributed by atoms with Crippen molar-refractivity contribution in [3.63, 3.8) is 0 Å². The Bertz CT molecular complexity index is 1400.